The molecule has 0 bridgehead atoms. The lowest BCUT2D eigenvalue weighted by Crippen LogP contribution is -2.48. The van der Waals surface area contributed by atoms with Crippen LogP contribution in [0, 0.1) is 5.41 Å². The van der Waals surface area contributed by atoms with Crippen molar-refractivity contribution in [2.24, 2.45) is 5.41 Å². The minimum absolute atomic E-state index is 0.0936. The number of amides is 1. The monoisotopic (exact) mass is 316 g/mol. The van der Waals surface area contributed by atoms with Crippen LogP contribution in [-0.2, 0) is 11.3 Å². The molecule has 0 spiro atoms. The second kappa shape index (κ2) is 6.10. The molecule has 0 radical (unpaired) electrons. The first kappa shape index (κ1) is 17.1. The van der Waals surface area contributed by atoms with Crippen molar-refractivity contribution in [2.75, 3.05) is 0 Å². The summed E-state index contributed by atoms with van der Waals surface area (Å²) in [4.78, 5) is 24.6. The molecule has 0 fully saturated rings. The van der Waals surface area contributed by atoms with Gasteiger partial charge in [0.1, 0.15) is 12.1 Å². The molecular weight excluding hydrogens is 292 g/mol. The third-order valence-electron chi connectivity index (χ3n) is 3.37. The van der Waals surface area contributed by atoms with E-state index < -0.39 is 0 Å². The molecule has 0 aliphatic rings. The van der Waals surface area contributed by atoms with Gasteiger partial charge >= 0.3 is 0 Å². The van der Waals surface area contributed by atoms with E-state index in [1.54, 1.807) is 24.3 Å². The number of nitrogens with one attached hydrogen (secondary N) is 1. The van der Waals surface area contributed by atoms with Crippen LogP contribution in [0.1, 0.15) is 41.0 Å². The number of carbonyl (C=O) groups excluding carboxylic acids is 1. The zero-order chi connectivity index (χ0) is 17.3. The Morgan fingerprint density at radius 2 is 1.83 bits per heavy atom. The van der Waals surface area contributed by atoms with Crippen molar-refractivity contribution in [3.05, 3.63) is 34.6 Å². The minimum atomic E-state index is -0.358. The van der Waals surface area contributed by atoms with Gasteiger partial charge in [0.2, 0.25) is 5.91 Å². The van der Waals surface area contributed by atoms with Crippen LogP contribution in [0.3, 0.4) is 0 Å². The van der Waals surface area contributed by atoms with Crippen molar-refractivity contribution in [1.82, 2.24) is 20.3 Å². The van der Waals surface area contributed by atoms with Crippen LogP contribution >= 0.6 is 0 Å². The van der Waals surface area contributed by atoms with Crippen LogP contribution in [0.2, 0.25) is 0 Å². The maximum atomic E-state index is 12.3. The summed E-state index contributed by atoms with van der Waals surface area (Å²) in [7, 11) is 0. The number of hydrogen-bond acceptors (Lipinski definition) is 4. The molecule has 23 heavy (non-hydrogen) atoms. The van der Waals surface area contributed by atoms with E-state index in [4.69, 9.17) is 0 Å². The maximum absolute atomic E-state index is 12.3. The normalized spacial score (nSPS) is 12.4. The number of nitrogens with zero attached hydrogens (tertiary/aromatic N) is 3. The molecule has 6 heteroatoms. The molecule has 0 aliphatic carbocycles. The van der Waals surface area contributed by atoms with Gasteiger partial charge in [0, 0.05) is 5.54 Å². The lowest BCUT2D eigenvalue weighted by Gasteiger charge is -2.33. The quantitative estimate of drug-likeness (QED) is 0.937. The van der Waals surface area contributed by atoms with Crippen molar-refractivity contribution >= 4 is 16.8 Å². The van der Waals surface area contributed by atoms with Crippen molar-refractivity contribution in [3.63, 3.8) is 0 Å². The summed E-state index contributed by atoms with van der Waals surface area (Å²) < 4.78 is 1.10. The largest absolute Gasteiger partial charge is 0.350 e. The molecule has 1 N–H and O–H groups in total. The summed E-state index contributed by atoms with van der Waals surface area (Å²) in [5.74, 6) is -0.245. The van der Waals surface area contributed by atoms with Gasteiger partial charge in [-0.05, 0) is 37.8 Å². The number of rotatable bonds is 4. The highest BCUT2D eigenvalue weighted by Gasteiger charge is 2.27. The Kier molecular flexibility index (Phi) is 4.54. The molecule has 0 saturated carbocycles. The van der Waals surface area contributed by atoms with E-state index in [2.05, 4.69) is 36.4 Å². The number of aromatic nitrogens is 3. The highest BCUT2D eigenvalue weighted by atomic mass is 16.2. The fourth-order valence-corrected chi connectivity index (χ4v) is 3.05. The van der Waals surface area contributed by atoms with E-state index >= 15 is 0 Å². The molecule has 0 unspecified atom stereocenters. The second-order valence-corrected chi connectivity index (χ2v) is 7.74. The second-order valence-electron chi connectivity index (χ2n) is 7.74. The van der Waals surface area contributed by atoms with Crippen LogP contribution in [0.5, 0.6) is 0 Å². The highest BCUT2D eigenvalue weighted by molar-refractivity contribution is 5.78. The van der Waals surface area contributed by atoms with E-state index in [1.807, 2.05) is 13.8 Å². The van der Waals surface area contributed by atoms with E-state index in [0.29, 0.717) is 10.9 Å². The Balaban J connectivity index is 2.15. The lowest BCUT2D eigenvalue weighted by molar-refractivity contribution is -0.123. The predicted molar refractivity (Wildman–Crippen MR) is 90.1 cm³/mol. The Morgan fingerprint density at radius 1 is 1.17 bits per heavy atom. The first-order chi connectivity index (χ1) is 10.6. The molecule has 0 atom stereocenters. The molecule has 0 saturated heterocycles. The zero-order valence-corrected chi connectivity index (χ0v) is 14.4. The summed E-state index contributed by atoms with van der Waals surface area (Å²) in [5.41, 5.74) is -0.0406. The van der Waals surface area contributed by atoms with Crippen LogP contribution < -0.4 is 10.9 Å². The summed E-state index contributed by atoms with van der Waals surface area (Å²) >= 11 is 0. The summed E-state index contributed by atoms with van der Waals surface area (Å²) in [5, 5.41) is 11.3. The number of benzene rings is 1. The van der Waals surface area contributed by atoms with Crippen molar-refractivity contribution in [3.8, 4) is 0 Å². The molecule has 1 heterocycles. The number of fused-ring (bicyclic) bond motifs is 1. The van der Waals surface area contributed by atoms with E-state index in [0.717, 1.165) is 11.1 Å². The van der Waals surface area contributed by atoms with Crippen LogP contribution in [0.4, 0.5) is 0 Å². The standard InChI is InChI=1S/C17H24N4O2/c1-16(2,3)11-17(4,5)18-14(22)10-21-15(23)12-8-6-7-9-13(12)19-20-21/h6-9H,10-11H2,1-5H3,(H,18,22). The first-order valence-electron chi connectivity index (χ1n) is 7.71. The topological polar surface area (TPSA) is 76.9 Å². The fourth-order valence-electron chi connectivity index (χ4n) is 3.05. The van der Waals surface area contributed by atoms with Crippen LogP contribution in [0.15, 0.2) is 29.1 Å². The minimum Gasteiger partial charge on any atom is -0.350 e. The van der Waals surface area contributed by atoms with E-state index in [-0.39, 0.29) is 29.0 Å². The average Bonchev–Trinajstić information content (AvgIpc) is 2.38. The predicted octanol–water partition coefficient (Wildman–Crippen LogP) is 2.12. The van der Waals surface area contributed by atoms with Crippen LogP contribution in [-0.4, -0.2) is 26.4 Å². The van der Waals surface area contributed by atoms with Crippen LogP contribution in [0.25, 0.3) is 10.9 Å². The Labute approximate surface area is 135 Å². The molecule has 1 aromatic heterocycles. The lowest BCUT2D eigenvalue weighted by atomic mass is 9.82. The molecule has 6 nitrogen and oxygen atoms in total. The summed E-state index contributed by atoms with van der Waals surface area (Å²) in [6, 6.07) is 6.97. The Hall–Kier alpha value is -2.24. The highest BCUT2D eigenvalue weighted by Crippen LogP contribution is 2.26. The van der Waals surface area contributed by atoms with Crippen molar-refractivity contribution in [2.45, 2.75) is 53.1 Å². The first-order valence-corrected chi connectivity index (χ1v) is 7.71. The summed E-state index contributed by atoms with van der Waals surface area (Å²) in [6.07, 6.45) is 0.823. The zero-order valence-electron chi connectivity index (χ0n) is 14.4. The fraction of sp³-hybridized carbons (Fsp3) is 0.529. The number of hydrogen-bond donors (Lipinski definition) is 1. The van der Waals surface area contributed by atoms with Gasteiger partial charge in [-0.2, -0.15) is 0 Å². The van der Waals surface area contributed by atoms with E-state index in [9.17, 15) is 9.59 Å². The van der Waals surface area contributed by atoms with E-state index in [1.165, 1.54) is 0 Å². The summed E-state index contributed by atoms with van der Waals surface area (Å²) in [6.45, 7) is 10.2. The van der Waals surface area contributed by atoms with Crippen molar-refractivity contribution < 1.29 is 4.79 Å². The molecule has 0 aliphatic heterocycles. The van der Waals surface area contributed by atoms with Gasteiger partial charge in [-0.25, -0.2) is 4.68 Å². The van der Waals surface area contributed by atoms with Gasteiger partial charge in [-0.3, -0.25) is 9.59 Å². The molecule has 2 rings (SSSR count). The van der Waals surface area contributed by atoms with Gasteiger partial charge < -0.3 is 5.32 Å². The van der Waals surface area contributed by atoms with Crippen molar-refractivity contribution in [1.29, 1.82) is 0 Å². The Bertz CT molecular complexity index is 772. The van der Waals surface area contributed by atoms with Gasteiger partial charge in [-0.1, -0.05) is 38.1 Å². The van der Waals surface area contributed by atoms with Gasteiger partial charge in [0.05, 0.1) is 5.39 Å². The maximum Gasteiger partial charge on any atom is 0.278 e. The molecule has 2 aromatic rings. The smallest absolute Gasteiger partial charge is 0.278 e. The Morgan fingerprint density at radius 3 is 2.48 bits per heavy atom. The molecule has 1 amide bonds. The third-order valence-corrected chi connectivity index (χ3v) is 3.37. The van der Waals surface area contributed by atoms with Gasteiger partial charge in [0.15, 0.2) is 0 Å². The molecule has 1 aromatic carbocycles. The van der Waals surface area contributed by atoms with Gasteiger partial charge in [0.25, 0.3) is 5.56 Å². The molecular formula is C17H24N4O2. The average molecular weight is 316 g/mol. The SMILES string of the molecule is CC(C)(C)CC(C)(C)NC(=O)Cn1nnc2ccccc2c1=O. The third kappa shape index (κ3) is 4.61. The number of carbonyl (C=O) groups is 1. The van der Waals surface area contributed by atoms with Gasteiger partial charge in [-0.15, -0.1) is 5.10 Å². The molecule has 124 valence electrons.